The fourth-order valence-corrected chi connectivity index (χ4v) is 1.79. The van der Waals surface area contributed by atoms with Gasteiger partial charge in [0.1, 0.15) is 16.9 Å². The molecule has 6 nitrogen and oxygen atoms in total. The topological polar surface area (TPSA) is 115 Å². The van der Waals surface area contributed by atoms with Gasteiger partial charge >= 0.3 is 5.97 Å². The molecular weight excluding hydrogens is 216 g/mol. The zero-order valence-electron chi connectivity index (χ0n) is 8.17. The number of anilines is 2. The first-order chi connectivity index (χ1) is 7.02. The maximum absolute atomic E-state index is 10.8. The highest BCUT2D eigenvalue weighted by Crippen LogP contribution is 2.23. The van der Waals surface area contributed by atoms with Gasteiger partial charge in [0.15, 0.2) is 5.16 Å². The summed E-state index contributed by atoms with van der Waals surface area (Å²) in [5.41, 5.74) is 10.9. The lowest BCUT2D eigenvalue weighted by atomic mass is 10.3. The van der Waals surface area contributed by atoms with Crippen molar-refractivity contribution in [2.24, 2.45) is 0 Å². The van der Waals surface area contributed by atoms with E-state index >= 15 is 0 Å². The molecule has 15 heavy (non-hydrogen) atoms. The summed E-state index contributed by atoms with van der Waals surface area (Å²) in [6.45, 7) is 1.78. The van der Waals surface area contributed by atoms with E-state index in [1.807, 2.05) is 0 Å². The highest BCUT2D eigenvalue weighted by atomic mass is 32.2. The van der Waals surface area contributed by atoms with E-state index in [1.54, 1.807) is 6.92 Å². The van der Waals surface area contributed by atoms with E-state index in [9.17, 15) is 4.79 Å². The van der Waals surface area contributed by atoms with Crippen molar-refractivity contribution in [1.29, 1.82) is 0 Å². The lowest BCUT2D eigenvalue weighted by Gasteiger charge is -2.08. The van der Waals surface area contributed by atoms with Gasteiger partial charge in [-0.3, -0.25) is 4.79 Å². The van der Waals surface area contributed by atoms with Crippen LogP contribution in [0.15, 0.2) is 11.2 Å². The number of nitrogens with two attached hydrogens (primary N) is 2. The first kappa shape index (κ1) is 11.6. The number of rotatable bonds is 4. The Morgan fingerprint density at radius 1 is 1.53 bits per heavy atom. The molecule has 0 radical (unpaired) electrons. The zero-order chi connectivity index (χ0) is 11.4. The first-order valence-electron chi connectivity index (χ1n) is 4.32. The van der Waals surface area contributed by atoms with Crippen molar-refractivity contribution in [3.05, 3.63) is 6.07 Å². The number of aliphatic carboxylic acids is 1. The van der Waals surface area contributed by atoms with Crippen molar-refractivity contribution in [3.63, 3.8) is 0 Å². The average Bonchev–Trinajstić information content (AvgIpc) is 2.12. The number of aromatic nitrogens is 2. The summed E-state index contributed by atoms with van der Waals surface area (Å²) in [7, 11) is 0. The molecule has 1 rings (SSSR count). The Morgan fingerprint density at radius 3 is 2.47 bits per heavy atom. The molecule has 1 atom stereocenters. The van der Waals surface area contributed by atoms with E-state index in [0.717, 1.165) is 11.8 Å². The van der Waals surface area contributed by atoms with Gasteiger partial charge < -0.3 is 16.6 Å². The number of nitrogen functional groups attached to an aromatic ring is 2. The molecule has 5 N–H and O–H groups in total. The number of hydrogen-bond donors (Lipinski definition) is 3. The molecule has 1 aromatic rings. The van der Waals surface area contributed by atoms with Gasteiger partial charge in [-0.15, -0.1) is 0 Å². The largest absolute Gasteiger partial charge is 0.480 e. The van der Waals surface area contributed by atoms with Crippen molar-refractivity contribution in [1.82, 2.24) is 9.97 Å². The quantitative estimate of drug-likeness (QED) is 0.510. The molecule has 0 aliphatic heterocycles. The van der Waals surface area contributed by atoms with E-state index in [4.69, 9.17) is 16.6 Å². The van der Waals surface area contributed by atoms with E-state index in [1.165, 1.54) is 6.07 Å². The Labute approximate surface area is 91.1 Å². The van der Waals surface area contributed by atoms with Crippen LogP contribution in [0.1, 0.15) is 13.3 Å². The minimum atomic E-state index is -0.896. The van der Waals surface area contributed by atoms with Gasteiger partial charge in [0.2, 0.25) is 0 Å². The molecule has 0 aliphatic carbocycles. The Kier molecular flexibility index (Phi) is 3.73. The van der Waals surface area contributed by atoms with E-state index in [0.29, 0.717) is 11.6 Å². The molecule has 0 amide bonds. The van der Waals surface area contributed by atoms with Crippen molar-refractivity contribution in [2.75, 3.05) is 11.5 Å². The van der Waals surface area contributed by atoms with Crippen molar-refractivity contribution in [2.45, 2.75) is 23.8 Å². The Balaban J connectivity index is 2.83. The second-order valence-corrected chi connectivity index (χ2v) is 4.02. The van der Waals surface area contributed by atoms with Gasteiger partial charge in [-0.05, 0) is 6.42 Å². The fourth-order valence-electron chi connectivity index (χ4n) is 0.950. The molecule has 0 unspecified atom stereocenters. The summed E-state index contributed by atoms with van der Waals surface area (Å²) < 4.78 is 0. The third-order valence-electron chi connectivity index (χ3n) is 1.64. The van der Waals surface area contributed by atoms with Gasteiger partial charge in [-0.25, -0.2) is 9.97 Å². The number of hydrogen-bond acceptors (Lipinski definition) is 6. The Morgan fingerprint density at radius 2 is 2.07 bits per heavy atom. The third kappa shape index (κ3) is 3.28. The van der Waals surface area contributed by atoms with E-state index in [2.05, 4.69) is 9.97 Å². The van der Waals surface area contributed by atoms with Crippen LogP contribution in [0.4, 0.5) is 11.6 Å². The Hall–Kier alpha value is -1.50. The molecule has 0 fully saturated rings. The minimum Gasteiger partial charge on any atom is -0.480 e. The molecule has 0 saturated heterocycles. The van der Waals surface area contributed by atoms with E-state index in [-0.39, 0.29) is 11.6 Å². The van der Waals surface area contributed by atoms with Crippen LogP contribution >= 0.6 is 11.8 Å². The maximum atomic E-state index is 10.8. The van der Waals surface area contributed by atoms with Crippen LogP contribution in [0.5, 0.6) is 0 Å². The first-order valence-corrected chi connectivity index (χ1v) is 5.20. The average molecular weight is 228 g/mol. The zero-order valence-corrected chi connectivity index (χ0v) is 8.99. The van der Waals surface area contributed by atoms with Gasteiger partial charge in [-0.2, -0.15) is 0 Å². The van der Waals surface area contributed by atoms with Crippen molar-refractivity contribution >= 4 is 29.4 Å². The third-order valence-corrected chi connectivity index (χ3v) is 2.85. The summed E-state index contributed by atoms with van der Waals surface area (Å²) >= 11 is 1.04. The fraction of sp³-hybridized carbons (Fsp3) is 0.375. The van der Waals surface area contributed by atoms with Crippen LogP contribution < -0.4 is 11.5 Å². The van der Waals surface area contributed by atoms with Crippen LogP contribution in [0.2, 0.25) is 0 Å². The predicted molar refractivity (Wildman–Crippen MR) is 58.4 cm³/mol. The van der Waals surface area contributed by atoms with E-state index < -0.39 is 11.2 Å². The maximum Gasteiger partial charge on any atom is 0.317 e. The number of nitrogens with zero attached hydrogens (tertiary/aromatic N) is 2. The summed E-state index contributed by atoms with van der Waals surface area (Å²) in [5, 5.41) is 8.55. The van der Waals surface area contributed by atoms with Gasteiger partial charge in [-0.1, -0.05) is 18.7 Å². The minimum absolute atomic E-state index is 0.241. The molecule has 7 heteroatoms. The van der Waals surface area contributed by atoms with Crippen LogP contribution in [0, 0.1) is 0 Å². The molecule has 0 saturated carbocycles. The van der Waals surface area contributed by atoms with Crippen LogP contribution in [0.25, 0.3) is 0 Å². The SMILES string of the molecule is CC[C@@H](Sc1nc(N)cc(N)n1)C(=O)O. The molecule has 0 bridgehead atoms. The standard InChI is InChI=1S/C8H12N4O2S/c1-2-4(7(13)14)15-8-11-5(9)3-6(10)12-8/h3-4H,2H2,1H3,(H,13,14)(H4,9,10,11,12)/t4-/m1/s1. The van der Waals surface area contributed by atoms with Gasteiger partial charge in [0.25, 0.3) is 0 Å². The number of carbonyl (C=O) groups is 1. The summed E-state index contributed by atoms with van der Waals surface area (Å²) in [5.74, 6) is -0.414. The number of carboxylic acid groups (broad SMARTS) is 1. The number of thioether (sulfide) groups is 1. The smallest absolute Gasteiger partial charge is 0.317 e. The van der Waals surface area contributed by atoms with Crippen LogP contribution in [-0.2, 0) is 4.79 Å². The summed E-state index contributed by atoms with van der Waals surface area (Å²) in [4.78, 5) is 18.5. The molecular formula is C8H12N4O2S. The second kappa shape index (κ2) is 4.83. The van der Waals surface area contributed by atoms with Crippen molar-refractivity contribution < 1.29 is 9.90 Å². The molecule has 0 spiro atoms. The van der Waals surface area contributed by atoms with Crippen LogP contribution in [-0.4, -0.2) is 26.3 Å². The highest BCUT2D eigenvalue weighted by molar-refractivity contribution is 8.00. The van der Waals surface area contributed by atoms with Gasteiger partial charge in [0, 0.05) is 6.07 Å². The normalized spacial score (nSPS) is 12.3. The molecule has 0 aromatic carbocycles. The monoisotopic (exact) mass is 228 g/mol. The lowest BCUT2D eigenvalue weighted by molar-refractivity contribution is -0.136. The molecule has 1 heterocycles. The van der Waals surface area contributed by atoms with Crippen LogP contribution in [0.3, 0.4) is 0 Å². The van der Waals surface area contributed by atoms with Gasteiger partial charge in [0.05, 0.1) is 0 Å². The number of carboxylic acids is 1. The summed E-state index contributed by atoms with van der Waals surface area (Å²) in [6, 6.07) is 1.42. The highest BCUT2D eigenvalue weighted by Gasteiger charge is 2.18. The molecule has 1 aromatic heterocycles. The van der Waals surface area contributed by atoms with Crippen molar-refractivity contribution in [3.8, 4) is 0 Å². The molecule has 0 aliphatic rings. The Bertz CT molecular complexity index is 351. The second-order valence-electron chi connectivity index (χ2n) is 2.85. The molecule has 82 valence electrons. The lowest BCUT2D eigenvalue weighted by Crippen LogP contribution is -2.15. The predicted octanol–water partition coefficient (Wildman–Crippen LogP) is 0.596. The summed E-state index contributed by atoms with van der Waals surface area (Å²) in [6.07, 6.45) is 0.484.